The lowest BCUT2D eigenvalue weighted by atomic mass is 10.0. The maximum atomic E-state index is 12.1. The second-order valence-corrected chi connectivity index (χ2v) is 12.8. The fourth-order valence-corrected chi connectivity index (χ4v) is 5.33. The molecule has 5 nitrogen and oxygen atoms in total. The van der Waals surface area contributed by atoms with Crippen LogP contribution in [-0.4, -0.2) is 36.4 Å². The molecule has 1 atom stereocenters. The van der Waals surface area contributed by atoms with E-state index < -0.39 is 6.10 Å². The molecule has 1 N–H and O–H groups in total. The summed E-state index contributed by atoms with van der Waals surface area (Å²) in [6, 6.07) is 0. The van der Waals surface area contributed by atoms with E-state index in [-0.39, 0.29) is 25.2 Å². The molecule has 0 aromatic heterocycles. The quantitative estimate of drug-likeness (QED) is 0.0631. The van der Waals surface area contributed by atoms with Gasteiger partial charge in [-0.25, -0.2) is 0 Å². The smallest absolute Gasteiger partial charge is 0.306 e. The summed E-state index contributed by atoms with van der Waals surface area (Å²) >= 11 is 0. The van der Waals surface area contributed by atoms with Gasteiger partial charge in [0.05, 0.1) is 6.61 Å². The molecule has 0 aromatic rings. The minimum absolute atomic E-state index is 0.0596. The second-order valence-electron chi connectivity index (χ2n) is 12.8. The van der Waals surface area contributed by atoms with E-state index in [0.29, 0.717) is 12.8 Å². The van der Waals surface area contributed by atoms with Gasteiger partial charge in [0.25, 0.3) is 0 Å². The third-order valence-corrected chi connectivity index (χ3v) is 8.08. The van der Waals surface area contributed by atoms with E-state index in [1.807, 2.05) is 0 Å². The van der Waals surface area contributed by atoms with Crippen molar-refractivity contribution in [2.75, 3.05) is 13.2 Å². The molecular formula is C36H70O5. The summed E-state index contributed by atoms with van der Waals surface area (Å²) in [4.78, 5) is 24.1. The van der Waals surface area contributed by atoms with Crippen LogP contribution >= 0.6 is 0 Å². The number of aliphatic hydroxyl groups is 1. The summed E-state index contributed by atoms with van der Waals surface area (Å²) in [7, 11) is 0. The highest BCUT2D eigenvalue weighted by atomic mass is 16.6. The highest BCUT2D eigenvalue weighted by Crippen LogP contribution is 2.15. The molecule has 0 amide bonds. The summed E-state index contributed by atoms with van der Waals surface area (Å²) in [5.74, 6) is 0.211. The molecule has 244 valence electrons. The number of carbonyl (C=O) groups excluding carboxylic acids is 2. The van der Waals surface area contributed by atoms with E-state index in [1.54, 1.807) is 0 Å². The Morgan fingerprint density at radius 2 is 0.902 bits per heavy atom. The molecule has 0 saturated carbocycles. The van der Waals surface area contributed by atoms with Gasteiger partial charge in [-0.15, -0.1) is 0 Å². The third kappa shape index (κ3) is 31.7. The minimum atomic E-state index is -0.761. The van der Waals surface area contributed by atoms with Crippen molar-refractivity contribution in [2.45, 2.75) is 200 Å². The van der Waals surface area contributed by atoms with Gasteiger partial charge in [0.15, 0.2) is 6.10 Å². The van der Waals surface area contributed by atoms with E-state index in [0.717, 1.165) is 44.4 Å². The van der Waals surface area contributed by atoms with E-state index >= 15 is 0 Å². The lowest BCUT2D eigenvalue weighted by Crippen LogP contribution is -2.28. The van der Waals surface area contributed by atoms with Crippen LogP contribution in [0.15, 0.2) is 0 Å². The first kappa shape index (κ1) is 39.9. The molecule has 0 heterocycles. The minimum Gasteiger partial charge on any atom is -0.462 e. The van der Waals surface area contributed by atoms with E-state index in [9.17, 15) is 14.7 Å². The lowest BCUT2D eigenvalue weighted by Gasteiger charge is -2.15. The summed E-state index contributed by atoms with van der Waals surface area (Å²) < 4.78 is 10.6. The van der Waals surface area contributed by atoms with E-state index in [4.69, 9.17) is 9.47 Å². The van der Waals surface area contributed by atoms with Crippen molar-refractivity contribution in [3.63, 3.8) is 0 Å². The first-order valence-corrected chi connectivity index (χ1v) is 18.0. The van der Waals surface area contributed by atoms with Gasteiger partial charge in [0.1, 0.15) is 6.61 Å². The number of carbonyl (C=O) groups is 2. The van der Waals surface area contributed by atoms with Crippen molar-refractivity contribution in [1.82, 2.24) is 0 Å². The predicted molar refractivity (Wildman–Crippen MR) is 173 cm³/mol. The van der Waals surface area contributed by atoms with Crippen molar-refractivity contribution in [3.05, 3.63) is 0 Å². The molecule has 0 fully saturated rings. The van der Waals surface area contributed by atoms with Crippen LogP contribution in [0, 0.1) is 5.92 Å². The van der Waals surface area contributed by atoms with Crippen LogP contribution in [0.1, 0.15) is 194 Å². The first-order valence-electron chi connectivity index (χ1n) is 18.0. The second kappa shape index (κ2) is 31.8. The Kier molecular flexibility index (Phi) is 31.0. The lowest BCUT2D eigenvalue weighted by molar-refractivity contribution is -0.161. The maximum Gasteiger partial charge on any atom is 0.306 e. The third-order valence-electron chi connectivity index (χ3n) is 8.08. The summed E-state index contributed by atoms with van der Waals surface area (Å²) in [6.07, 6.45) is 31.7. The molecule has 0 spiro atoms. The van der Waals surface area contributed by atoms with Crippen molar-refractivity contribution in [2.24, 2.45) is 5.92 Å². The topological polar surface area (TPSA) is 72.8 Å². The molecule has 5 heteroatoms. The number of aliphatic hydroxyl groups excluding tert-OH is 1. The molecule has 0 rings (SSSR count). The van der Waals surface area contributed by atoms with E-state index in [1.165, 1.54) is 122 Å². The normalized spacial score (nSPS) is 12.1. The predicted octanol–water partition coefficient (Wildman–Crippen LogP) is 10.6. The van der Waals surface area contributed by atoms with E-state index in [2.05, 4.69) is 20.8 Å². The molecule has 0 aliphatic heterocycles. The first-order chi connectivity index (χ1) is 20.0. The van der Waals surface area contributed by atoms with Crippen molar-refractivity contribution >= 4 is 11.9 Å². The van der Waals surface area contributed by atoms with Gasteiger partial charge in [-0.1, -0.05) is 168 Å². The number of ether oxygens (including phenoxy) is 2. The summed E-state index contributed by atoms with van der Waals surface area (Å²) in [5, 5.41) is 9.50. The Bertz CT molecular complexity index is 562. The van der Waals surface area contributed by atoms with Crippen molar-refractivity contribution < 1.29 is 24.2 Å². The van der Waals surface area contributed by atoms with Crippen LogP contribution in [0.2, 0.25) is 0 Å². The fourth-order valence-electron chi connectivity index (χ4n) is 5.33. The number of esters is 2. The Morgan fingerprint density at radius 1 is 0.537 bits per heavy atom. The van der Waals surface area contributed by atoms with Gasteiger partial charge >= 0.3 is 11.9 Å². The molecule has 0 bridgehead atoms. The van der Waals surface area contributed by atoms with Gasteiger partial charge < -0.3 is 14.6 Å². The molecule has 0 aromatic carbocycles. The average Bonchev–Trinajstić information content (AvgIpc) is 2.95. The molecule has 41 heavy (non-hydrogen) atoms. The molecule has 0 aliphatic carbocycles. The zero-order chi connectivity index (χ0) is 30.2. The fraction of sp³-hybridized carbons (Fsp3) is 0.944. The Hall–Kier alpha value is -1.10. The molecular weight excluding hydrogens is 512 g/mol. The average molecular weight is 583 g/mol. The number of hydrogen-bond acceptors (Lipinski definition) is 5. The molecule has 0 radical (unpaired) electrons. The van der Waals surface area contributed by atoms with Crippen LogP contribution < -0.4 is 0 Å². The highest BCUT2D eigenvalue weighted by Gasteiger charge is 2.16. The van der Waals surface area contributed by atoms with Crippen LogP contribution in [0.3, 0.4) is 0 Å². The standard InChI is InChI=1S/C36H70O5/c1-4-5-6-7-8-9-10-11-12-13-14-15-16-17-20-24-27-30-36(39)41-34(31-37)32-40-35(38)29-26-23-21-18-19-22-25-28-33(2)3/h33-34,37H,4-32H2,1-3H3/t34-/m0/s1. The zero-order valence-electron chi connectivity index (χ0n) is 27.7. The molecule has 0 aliphatic rings. The van der Waals surface area contributed by atoms with Gasteiger partial charge in [-0.2, -0.15) is 0 Å². The Balaban J connectivity index is 3.51. The van der Waals surface area contributed by atoms with Gasteiger partial charge in [-0.3, -0.25) is 9.59 Å². The number of rotatable bonds is 32. The SMILES string of the molecule is CCCCCCCCCCCCCCCCCCCC(=O)O[C@@H](CO)COC(=O)CCCCCCCCCC(C)C. The van der Waals surface area contributed by atoms with Crippen molar-refractivity contribution in [3.8, 4) is 0 Å². The highest BCUT2D eigenvalue weighted by molar-refractivity contribution is 5.70. The summed E-state index contributed by atoms with van der Waals surface area (Å²) in [5.41, 5.74) is 0. The zero-order valence-corrected chi connectivity index (χ0v) is 27.7. The van der Waals surface area contributed by atoms with Crippen LogP contribution in [0.25, 0.3) is 0 Å². The molecule has 0 unspecified atom stereocenters. The van der Waals surface area contributed by atoms with Gasteiger partial charge in [-0.05, 0) is 18.8 Å². The number of unbranched alkanes of at least 4 members (excludes halogenated alkanes) is 22. The Morgan fingerprint density at radius 3 is 1.29 bits per heavy atom. The van der Waals surface area contributed by atoms with Crippen molar-refractivity contribution in [1.29, 1.82) is 0 Å². The van der Waals surface area contributed by atoms with Gasteiger partial charge in [0.2, 0.25) is 0 Å². The van der Waals surface area contributed by atoms with Crippen LogP contribution in [0.5, 0.6) is 0 Å². The largest absolute Gasteiger partial charge is 0.462 e. The molecule has 0 saturated heterocycles. The Labute approximate surface area is 255 Å². The maximum absolute atomic E-state index is 12.1. The summed E-state index contributed by atoms with van der Waals surface area (Å²) in [6.45, 7) is 6.44. The number of hydrogen-bond donors (Lipinski definition) is 1. The van der Waals surface area contributed by atoms with Gasteiger partial charge in [0, 0.05) is 12.8 Å². The van der Waals surface area contributed by atoms with Crippen LogP contribution in [0.4, 0.5) is 0 Å². The monoisotopic (exact) mass is 583 g/mol. The van der Waals surface area contributed by atoms with Crippen LogP contribution in [-0.2, 0) is 19.1 Å².